The third kappa shape index (κ3) is 7.17. The van der Waals surface area contributed by atoms with Gasteiger partial charge in [-0.1, -0.05) is 23.2 Å². The van der Waals surface area contributed by atoms with Crippen molar-refractivity contribution >= 4 is 29.0 Å². The largest absolute Gasteiger partial charge is 0.484 e. The molecule has 1 aromatic carbocycles. The Morgan fingerprint density at radius 1 is 1.00 bits per heavy atom. The van der Waals surface area contributed by atoms with Crippen molar-refractivity contribution in [2.24, 2.45) is 0 Å². The first-order valence-electron chi connectivity index (χ1n) is 5.74. The van der Waals surface area contributed by atoms with Crippen molar-refractivity contribution < 1.29 is 40.6 Å². The van der Waals surface area contributed by atoms with Crippen LogP contribution in [0.3, 0.4) is 0 Å². The van der Waals surface area contributed by atoms with Crippen LogP contribution in [0, 0.1) is 0 Å². The van der Waals surface area contributed by atoms with Gasteiger partial charge < -0.3 is 9.47 Å². The summed E-state index contributed by atoms with van der Waals surface area (Å²) in [6.45, 7) is -3.35. The maximum Gasteiger partial charge on any atom is 0.422 e. The molecule has 0 radical (unpaired) electrons. The number of Topliss-reactive ketones (excluding diaryl/α,β-unsaturated/α-hetero) is 1. The minimum atomic E-state index is -4.67. The third-order valence-electron chi connectivity index (χ3n) is 2.21. The van der Waals surface area contributed by atoms with Crippen molar-refractivity contribution in [2.75, 3.05) is 13.2 Å². The van der Waals surface area contributed by atoms with E-state index in [4.69, 9.17) is 23.2 Å². The Balaban J connectivity index is 3.03. The Hall–Kier alpha value is -1.35. The molecule has 0 saturated carbocycles. The van der Waals surface area contributed by atoms with E-state index in [0.29, 0.717) is 0 Å². The zero-order valence-corrected chi connectivity index (χ0v) is 12.5. The van der Waals surface area contributed by atoms with Crippen molar-refractivity contribution in [3.63, 3.8) is 0 Å². The first-order chi connectivity index (χ1) is 10.4. The molecule has 11 heteroatoms. The van der Waals surface area contributed by atoms with E-state index in [9.17, 15) is 31.1 Å². The SMILES string of the molecule is O=C(c1cc(OCC(F)(F)F)ccc1OCC(F)(F)F)C(Cl)Cl. The lowest BCUT2D eigenvalue weighted by Gasteiger charge is -2.15. The predicted octanol–water partition coefficient (Wildman–Crippen LogP) is 4.56. The van der Waals surface area contributed by atoms with Crippen LogP contribution >= 0.6 is 23.2 Å². The molecule has 130 valence electrons. The first-order valence-corrected chi connectivity index (χ1v) is 6.62. The minimum Gasteiger partial charge on any atom is -0.484 e. The van der Waals surface area contributed by atoms with Crippen LogP contribution in [0.2, 0.25) is 0 Å². The van der Waals surface area contributed by atoms with Crippen LogP contribution < -0.4 is 9.47 Å². The fraction of sp³-hybridized carbons (Fsp3) is 0.417. The van der Waals surface area contributed by atoms with E-state index in [1.165, 1.54) is 0 Å². The van der Waals surface area contributed by atoms with Crippen LogP contribution in [0.25, 0.3) is 0 Å². The minimum absolute atomic E-state index is 0.404. The summed E-state index contributed by atoms with van der Waals surface area (Å²) < 4.78 is 81.5. The van der Waals surface area contributed by atoms with Gasteiger partial charge in [0.2, 0.25) is 0 Å². The van der Waals surface area contributed by atoms with Gasteiger partial charge in [-0.3, -0.25) is 4.79 Å². The highest BCUT2D eigenvalue weighted by molar-refractivity contribution is 6.55. The van der Waals surface area contributed by atoms with Gasteiger partial charge in [-0.2, -0.15) is 26.3 Å². The summed E-state index contributed by atoms with van der Waals surface area (Å²) in [6, 6.07) is 2.56. The molecule has 0 unspecified atom stereocenters. The van der Waals surface area contributed by atoms with E-state index < -0.39 is 53.2 Å². The number of ether oxygens (including phenoxy) is 2. The number of carbonyl (C=O) groups is 1. The smallest absolute Gasteiger partial charge is 0.422 e. The van der Waals surface area contributed by atoms with E-state index in [1.54, 1.807) is 0 Å². The number of carbonyl (C=O) groups excluding carboxylic acids is 1. The van der Waals surface area contributed by atoms with Gasteiger partial charge in [0, 0.05) is 0 Å². The van der Waals surface area contributed by atoms with Gasteiger partial charge in [-0.25, -0.2) is 0 Å². The van der Waals surface area contributed by atoms with E-state index in [-0.39, 0.29) is 0 Å². The molecule has 0 aromatic heterocycles. The predicted molar refractivity (Wildman–Crippen MR) is 69.4 cm³/mol. The molecule has 23 heavy (non-hydrogen) atoms. The summed E-state index contributed by atoms with van der Waals surface area (Å²) in [5.41, 5.74) is -0.524. The quantitative estimate of drug-likeness (QED) is 0.410. The molecule has 3 nitrogen and oxygen atoms in total. The first kappa shape index (κ1) is 19.7. The molecular formula is C12H8Cl2F6O3. The Morgan fingerprint density at radius 2 is 1.52 bits per heavy atom. The lowest BCUT2D eigenvalue weighted by atomic mass is 10.1. The van der Waals surface area contributed by atoms with Gasteiger partial charge in [0.15, 0.2) is 23.8 Å². The molecule has 0 spiro atoms. The highest BCUT2D eigenvalue weighted by Crippen LogP contribution is 2.30. The summed E-state index contributed by atoms with van der Waals surface area (Å²) in [7, 11) is 0. The molecule has 1 aromatic rings. The van der Waals surface area contributed by atoms with Gasteiger partial charge in [0.25, 0.3) is 0 Å². The van der Waals surface area contributed by atoms with Crippen molar-refractivity contribution in [3.05, 3.63) is 23.8 Å². The summed E-state index contributed by atoms with van der Waals surface area (Å²) in [6.07, 6.45) is -9.30. The zero-order valence-electron chi connectivity index (χ0n) is 11.0. The van der Waals surface area contributed by atoms with Gasteiger partial charge in [-0.05, 0) is 18.2 Å². The van der Waals surface area contributed by atoms with Gasteiger partial charge in [0.05, 0.1) is 5.56 Å². The maximum atomic E-state index is 12.2. The fourth-order valence-electron chi connectivity index (χ4n) is 1.36. The van der Waals surface area contributed by atoms with E-state index in [0.717, 1.165) is 18.2 Å². The molecule has 0 aliphatic carbocycles. The van der Waals surface area contributed by atoms with Crippen molar-refractivity contribution in [2.45, 2.75) is 17.2 Å². The molecular weight excluding hydrogens is 377 g/mol. The number of hydrogen-bond acceptors (Lipinski definition) is 3. The number of halogens is 8. The number of rotatable bonds is 6. The lowest BCUT2D eigenvalue weighted by molar-refractivity contribution is -0.154. The van der Waals surface area contributed by atoms with Gasteiger partial charge in [0.1, 0.15) is 11.5 Å². The Labute approximate surface area is 136 Å². The topological polar surface area (TPSA) is 35.5 Å². The van der Waals surface area contributed by atoms with Crippen molar-refractivity contribution in [1.29, 1.82) is 0 Å². The second kappa shape index (κ2) is 7.48. The van der Waals surface area contributed by atoms with Crippen LogP contribution in [0.4, 0.5) is 26.3 Å². The molecule has 0 saturated heterocycles. The normalized spacial score (nSPS) is 12.4. The maximum absolute atomic E-state index is 12.2. The molecule has 0 aliphatic heterocycles. The second-order valence-electron chi connectivity index (χ2n) is 4.13. The highest BCUT2D eigenvalue weighted by Gasteiger charge is 2.31. The van der Waals surface area contributed by atoms with Crippen LogP contribution in [-0.4, -0.2) is 36.2 Å². The molecule has 1 rings (SSSR count). The monoisotopic (exact) mass is 384 g/mol. The molecule has 0 fully saturated rings. The molecule has 0 aliphatic rings. The van der Waals surface area contributed by atoms with Gasteiger partial charge >= 0.3 is 12.4 Å². The lowest BCUT2D eigenvalue weighted by Crippen LogP contribution is -2.21. The van der Waals surface area contributed by atoms with E-state index in [2.05, 4.69) is 9.47 Å². The highest BCUT2D eigenvalue weighted by atomic mass is 35.5. The molecule has 0 amide bonds. The van der Waals surface area contributed by atoms with Crippen LogP contribution in [-0.2, 0) is 0 Å². The van der Waals surface area contributed by atoms with Gasteiger partial charge in [-0.15, -0.1) is 0 Å². The second-order valence-corrected chi connectivity index (χ2v) is 5.23. The van der Waals surface area contributed by atoms with E-state index >= 15 is 0 Å². The fourth-order valence-corrected chi connectivity index (χ4v) is 1.59. The Morgan fingerprint density at radius 3 is 2.00 bits per heavy atom. The zero-order chi connectivity index (χ0) is 17.8. The molecule has 0 heterocycles. The number of alkyl halides is 8. The van der Waals surface area contributed by atoms with Crippen molar-refractivity contribution in [1.82, 2.24) is 0 Å². The molecule has 0 atom stereocenters. The van der Waals surface area contributed by atoms with Crippen LogP contribution in [0.1, 0.15) is 10.4 Å². The summed E-state index contributed by atoms with van der Waals surface area (Å²) in [5.74, 6) is -1.97. The molecule has 0 N–H and O–H groups in total. The van der Waals surface area contributed by atoms with Crippen LogP contribution in [0.5, 0.6) is 11.5 Å². The average molecular weight is 385 g/mol. The Kier molecular flexibility index (Phi) is 6.41. The number of ketones is 1. The van der Waals surface area contributed by atoms with Crippen LogP contribution in [0.15, 0.2) is 18.2 Å². The van der Waals surface area contributed by atoms with Crippen molar-refractivity contribution in [3.8, 4) is 11.5 Å². The number of benzene rings is 1. The Bertz CT molecular complexity index is 557. The summed E-state index contributed by atoms with van der Waals surface area (Å²) in [5, 5.41) is 0. The number of hydrogen-bond donors (Lipinski definition) is 0. The average Bonchev–Trinajstić information content (AvgIpc) is 2.40. The summed E-state index contributed by atoms with van der Waals surface area (Å²) >= 11 is 10.7. The van der Waals surface area contributed by atoms with E-state index in [1.807, 2.05) is 0 Å². The molecule has 0 bridgehead atoms. The summed E-state index contributed by atoms with van der Waals surface area (Å²) in [4.78, 5) is 10.1. The standard InChI is InChI=1S/C12H8Cl2F6O3/c13-10(14)9(21)7-3-6(22-4-11(15,16)17)1-2-8(7)23-5-12(18,19)20/h1-3,10H,4-5H2. The third-order valence-corrected chi connectivity index (χ3v) is 2.60.